The molecule has 9 nitrogen and oxygen atoms in total. The third-order valence-electron chi connectivity index (χ3n) is 4.61. The Morgan fingerprint density at radius 2 is 1.90 bits per heavy atom. The summed E-state index contributed by atoms with van der Waals surface area (Å²) in [6.07, 6.45) is 1.56. The largest absolute Gasteiger partial charge is 0.352 e. The molecule has 0 bridgehead atoms. The molecular formula is C19H22N4O5S. The molecule has 2 aromatic rings. The first kappa shape index (κ1) is 20.7. The van der Waals surface area contributed by atoms with E-state index in [4.69, 9.17) is 0 Å². The van der Waals surface area contributed by atoms with Crippen molar-refractivity contribution in [2.24, 2.45) is 0 Å². The molecule has 0 spiro atoms. The van der Waals surface area contributed by atoms with Crippen LogP contribution in [0.15, 0.2) is 47.4 Å². The van der Waals surface area contributed by atoms with Gasteiger partial charge in [0.2, 0.25) is 10.0 Å². The average Bonchev–Trinajstić information content (AvgIpc) is 3.24. The maximum atomic E-state index is 12.7. The second-order valence-corrected chi connectivity index (χ2v) is 8.55. The normalized spacial score (nSPS) is 14.5. The van der Waals surface area contributed by atoms with Crippen LogP contribution in [0.2, 0.25) is 0 Å². The monoisotopic (exact) mass is 418 g/mol. The summed E-state index contributed by atoms with van der Waals surface area (Å²) in [6, 6.07) is 10.3. The van der Waals surface area contributed by atoms with Gasteiger partial charge < -0.3 is 10.6 Å². The summed E-state index contributed by atoms with van der Waals surface area (Å²) in [5.41, 5.74) is 0.678. The van der Waals surface area contributed by atoms with Crippen LogP contribution in [0.25, 0.3) is 0 Å². The Labute approximate surface area is 168 Å². The minimum absolute atomic E-state index is 0.104. The molecule has 0 saturated carbocycles. The van der Waals surface area contributed by atoms with Crippen LogP contribution in [-0.2, 0) is 10.0 Å². The van der Waals surface area contributed by atoms with E-state index in [1.54, 1.807) is 31.2 Å². The lowest BCUT2D eigenvalue weighted by Gasteiger charge is -2.16. The van der Waals surface area contributed by atoms with Crippen LogP contribution in [0.1, 0.15) is 30.1 Å². The fourth-order valence-electron chi connectivity index (χ4n) is 3.16. The van der Waals surface area contributed by atoms with Crippen LogP contribution < -0.4 is 10.6 Å². The lowest BCUT2D eigenvalue weighted by molar-refractivity contribution is -0.384. The van der Waals surface area contributed by atoms with E-state index in [1.165, 1.54) is 16.4 Å². The Hall–Kier alpha value is -2.98. The Bertz CT molecular complexity index is 1030. The van der Waals surface area contributed by atoms with Gasteiger partial charge in [-0.25, -0.2) is 8.42 Å². The van der Waals surface area contributed by atoms with Gasteiger partial charge in [0.15, 0.2) is 0 Å². The first-order chi connectivity index (χ1) is 13.8. The van der Waals surface area contributed by atoms with Gasteiger partial charge in [-0.3, -0.25) is 14.9 Å². The number of sulfonamides is 1. The predicted octanol–water partition coefficient (Wildman–Crippen LogP) is 2.87. The molecule has 2 N–H and O–H groups in total. The fourth-order valence-corrected chi connectivity index (χ4v) is 4.70. The zero-order chi connectivity index (χ0) is 21.0. The quantitative estimate of drug-likeness (QED) is 0.527. The highest BCUT2D eigenvalue weighted by atomic mass is 32.2. The number of benzene rings is 2. The topological polar surface area (TPSA) is 122 Å². The van der Waals surface area contributed by atoms with Crippen molar-refractivity contribution < 1.29 is 18.1 Å². The number of hydrogen-bond donors (Lipinski definition) is 2. The first-order valence-corrected chi connectivity index (χ1v) is 10.7. The van der Waals surface area contributed by atoms with Crippen molar-refractivity contribution in [3.05, 3.63) is 58.1 Å². The number of hydrogen-bond acceptors (Lipinski definition) is 6. The maximum Gasteiger partial charge on any atom is 0.294 e. The van der Waals surface area contributed by atoms with Gasteiger partial charge in [0, 0.05) is 37.0 Å². The van der Waals surface area contributed by atoms with Gasteiger partial charge in [0.05, 0.1) is 9.82 Å². The van der Waals surface area contributed by atoms with Crippen molar-refractivity contribution in [2.75, 3.05) is 25.0 Å². The molecular weight excluding hydrogens is 396 g/mol. The van der Waals surface area contributed by atoms with Crippen LogP contribution in [0.4, 0.5) is 17.1 Å². The van der Waals surface area contributed by atoms with E-state index in [0.29, 0.717) is 30.9 Å². The highest BCUT2D eigenvalue weighted by molar-refractivity contribution is 7.89. The molecule has 1 saturated heterocycles. The van der Waals surface area contributed by atoms with Crippen molar-refractivity contribution in [3.8, 4) is 0 Å². The minimum Gasteiger partial charge on any atom is -0.352 e. The Balaban J connectivity index is 1.91. The van der Waals surface area contributed by atoms with E-state index in [2.05, 4.69) is 10.6 Å². The Morgan fingerprint density at radius 3 is 2.55 bits per heavy atom. The van der Waals surface area contributed by atoms with Gasteiger partial charge in [-0.2, -0.15) is 4.31 Å². The molecule has 1 aliphatic heterocycles. The van der Waals surface area contributed by atoms with Crippen LogP contribution in [0, 0.1) is 10.1 Å². The van der Waals surface area contributed by atoms with Crippen LogP contribution >= 0.6 is 0 Å². The lowest BCUT2D eigenvalue weighted by Crippen LogP contribution is -2.27. The second-order valence-electron chi connectivity index (χ2n) is 6.61. The molecule has 1 aliphatic rings. The molecule has 0 radical (unpaired) electrons. The van der Waals surface area contributed by atoms with Gasteiger partial charge in [-0.1, -0.05) is 6.07 Å². The number of rotatable bonds is 7. The van der Waals surface area contributed by atoms with Gasteiger partial charge in [-0.05, 0) is 50.1 Å². The maximum absolute atomic E-state index is 12.7. The number of amides is 1. The third-order valence-corrected chi connectivity index (χ3v) is 6.50. The summed E-state index contributed by atoms with van der Waals surface area (Å²) in [5, 5.41) is 17.2. The van der Waals surface area contributed by atoms with Crippen LogP contribution in [0.5, 0.6) is 0 Å². The summed E-state index contributed by atoms with van der Waals surface area (Å²) >= 11 is 0. The smallest absolute Gasteiger partial charge is 0.294 e. The number of nitrogens with one attached hydrogen (secondary N) is 2. The SMILES string of the molecule is CCNC(=O)c1cccc(Nc2ccc(S(=O)(=O)N3CCCC3)cc2[N+](=O)[O-])c1. The highest BCUT2D eigenvalue weighted by Gasteiger charge is 2.29. The van der Waals surface area contributed by atoms with Crippen molar-refractivity contribution in [3.63, 3.8) is 0 Å². The Morgan fingerprint density at radius 1 is 1.17 bits per heavy atom. The van der Waals surface area contributed by atoms with Crippen molar-refractivity contribution in [2.45, 2.75) is 24.7 Å². The van der Waals surface area contributed by atoms with Crippen molar-refractivity contribution >= 4 is 33.0 Å². The van der Waals surface area contributed by atoms with Crippen LogP contribution in [-0.4, -0.2) is 43.2 Å². The molecule has 0 aliphatic carbocycles. The van der Waals surface area contributed by atoms with Crippen molar-refractivity contribution in [1.29, 1.82) is 0 Å². The zero-order valence-corrected chi connectivity index (χ0v) is 16.7. The molecule has 29 heavy (non-hydrogen) atoms. The van der Waals surface area contributed by atoms with Gasteiger partial charge in [-0.15, -0.1) is 0 Å². The molecule has 3 rings (SSSR count). The van der Waals surface area contributed by atoms with E-state index >= 15 is 0 Å². The molecule has 154 valence electrons. The molecule has 1 amide bonds. The fraction of sp³-hybridized carbons (Fsp3) is 0.316. The van der Waals surface area contributed by atoms with Crippen molar-refractivity contribution in [1.82, 2.24) is 9.62 Å². The van der Waals surface area contributed by atoms with E-state index in [-0.39, 0.29) is 22.2 Å². The van der Waals surface area contributed by atoms with E-state index in [9.17, 15) is 23.3 Å². The lowest BCUT2D eigenvalue weighted by atomic mass is 10.1. The van der Waals surface area contributed by atoms with Gasteiger partial charge in [0.1, 0.15) is 5.69 Å². The standard InChI is InChI=1S/C19H22N4O5S/c1-2-20-19(24)14-6-5-7-15(12-14)21-17-9-8-16(13-18(17)23(25)26)29(27,28)22-10-3-4-11-22/h5-9,12-13,21H,2-4,10-11H2,1H3,(H,20,24). The second kappa shape index (κ2) is 8.58. The number of nitro benzene ring substituents is 1. The summed E-state index contributed by atoms with van der Waals surface area (Å²) < 4.78 is 26.7. The number of carbonyl (C=O) groups is 1. The summed E-state index contributed by atoms with van der Waals surface area (Å²) in [4.78, 5) is 22.8. The molecule has 0 unspecified atom stereocenters. The van der Waals surface area contributed by atoms with Gasteiger partial charge in [0.25, 0.3) is 11.6 Å². The molecule has 1 fully saturated rings. The highest BCUT2D eigenvalue weighted by Crippen LogP contribution is 2.32. The zero-order valence-electron chi connectivity index (χ0n) is 15.9. The number of nitrogens with zero attached hydrogens (tertiary/aromatic N) is 2. The molecule has 10 heteroatoms. The summed E-state index contributed by atoms with van der Waals surface area (Å²) in [6.45, 7) is 3.13. The predicted molar refractivity (Wildman–Crippen MR) is 109 cm³/mol. The molecule has 0 atom stereocenters. The van der Waals surface area contributed by atoms with E-state index < -0.39 is 14.9 Å². The average molecular weight is 418 g/mol. The molecule has 0 aromatic heterocycles. The number of carbonyl (C=O) groups excluding carboxylic acids is 1. The number of anilines is 2. The molecule has 2 aromatic carbocycles. The first-order valence-electron chi connectivity index (χ1n) is 9.27. The number of nitro groups is 1. The third kappa shape index (κ3) is 4.54. The minimum atomic E-state index is -3.76. The summed E-state index contributed by atoms with van der Waals surface area (Å²) in [5.74, 6) is -0.252. The Kier molecular flexibility index (Phi) is 6.14. The summed E-state index contributed by atoms with van der Waals surface area (Å²) in [7, 11) is -3.76. The van der Waals surface area contributed by atoms with Crippen LogP contribution in [0.3, 0.4) is 0 Å². The van der Waals surface area contributed by atoms with Gasteiger partial charge >= 0.3 is 0 Å². The van der Waals surface area contributed by atoms with E-state index in [0.717, 1.165) is 18.9 Å². The molecule has 1 heterocycles. The van der Waals surface area contributed by atoms with E-state index in [1.807, 2.05) is 0 Å².